The number of urea groups is 1. The summed E-state index contributed by atoms with van der Waals surface area (Å²) in [4.78, 5) is 15.5. The quantitative estimate of drug-likeness (QED) is 0.931. The number of amides is 2. The molecular formula is C15H22N2O2S. The summed E-state index contributed by atoms with van der Waals surface area (Å²) in [5.41, 5.74) is 0. The second-order valence-electron chi connectivity index (χ2n) is 5.60. The molecule has 0 aromatic carbocycles. The predicted molar refractivity (Wildman–Crippen MR) is 80.2 cm³/mol. The van der Waals surface area contributed by atoms with Crippen LogP contribution in [0.25, 0.3) is 0 Å². The molecule has 0 spiro atoms. The van der Waals surface area contributed by atoms with Crippen LogP contribution in [0.2, 0.25) is 0 Å². The average Bonchev–Trinajstić information content (AvgIpc) is 3.18. The van der Waals surface area contributed by atoms with Crippen LogP contribution in [-0.2, 0) is 4.74 Å². The largest absolute Gasteiger partial charge is 0.376 e. The first-order valence-corrected chi connectivity index (χ1v) is 8.38. The number of likely N-dealkylation sites (tertiary alicyclic amines) is 1. The molecule has 5 heteroatoms. The normalized spacial score (nSPS) is 24.0. The Balaban J connectivity index is 1.42. The minimum atomic E-state index is 0.0742. The van der Waals surface area contributed by atoms with Crippen LogP contribution in [0, 0.1) is 0 Å². The number of carbonyl (C=O) groups is 1. The maximum Gasteiger partial charge on any atom is 0.317 e. The van der Waals surface area contributed by atoms with Crippen molar-refractivity contribution in [1.82, 2.24) is 10.2 Å². The molecule has 2 amide bonds. The summed E-state index contributed by atoms with van der Waals surface area (Å²) < 4.78 is 5.52. The molecule has 0 radical (unpaired) electrons. The summed E-state index contributed by atoms with van der Waals surface area (Å²) in [6.07, 6.45) is 4.57. The lowest BCUT2D eigenvalue weighted by atomic mass is 9.95. The van der Waals surface area contributed by atoms with Crippen LogP contribution in [-0.4, -0.2) is 43.3 Å². The number of thiophene rings is 1. The van der Waals surface area contributed by atoms with E-state index in [1.54, 1.807) is 0 Å². The Hall–Kier alpha value is -1.07. The number of hydrogen-bond donors (Lipinski definition) is 1. The van der Waals surface area contributed by atoms with Gasteiger partial charge in [-0.25, -0.2) is 4.79 Å². The summed E-state index contributed by atoms with van der Waals surface area (Å²) in [6.45, 7) is 3.22. The van der Waals surface area contributed by atoms with Crippen molar-refractivity contribution >= 4 is 17.4 Å². The summed E-state index contributed by atoms with van der Waals surface area (Å²) in [5.74, 6) is 0.636. The number of ether oxygens (including phenoxy) is 1. The molecule has 1 aromatic heterocycles. The van der Waals surface area contributed by atoms with E-state index in [2.05, 4.69) is 22.8 Å². The molecule has 1 N–H and O–H groups in total. The Kier molecular flexibility index (Phi) is 4.58. The monoisotopic (exact) mass is 294 g/mol. The Morgan fingerprint density at radius 1 is 1.40 bits per heavy atom. The van der Waals surface area contributed by atoms with Crippen LogP contribution >= 0.6 is 11.3 Å². The van der Waals surface area contributed by atoms with Gasteiger partial charge in [0.25, 0.3) is 0 Å². The molecule has 2 aliphatic heterocycles. The third-order valence-electron chi connectivity index (χ3n) is 4.23. The van der Waals surface area contributed by atoms with Crippen LogP contribution in [0.5, 0.6) is 0 Å². The van der Waals surface area contributed by atoms with Gasteiger partial charge in [-0.05, 0) is 43.0 Å². The van der Waals surface area contributed by atoms with Gasteiger partial charge in [0.15, 0.2) is 0 Å². The lowest BCUT2D eigenvalue weighted by Gasteiger charge is -2.31. The molecule has 2 fully saturated rings. The van der Waals surface area contributed by atoms with Crippen molar-refractivity contribution in [2.45, 2.75) is 37.7 Å². The van der Waals surface area contributed by atoms with E-state index < -0.39 is 0 Å². The van der Waals surface area contributed by atoms with E-state index in [0.717, 1.165) is 45.4 Å². The van der Waals surface area contributed by atoms with Crippen LogP contribution < -0.4 is 5.32 Å². The van der Waals surface area contributed by atoms with Crippen molar-refractivity contribution < 1.29 is 9.53 Å². The standard InChI is InChI=1S/C15H22N2O2S/c18-15(16-11-13-3-1-9-19-13)17-7-5-12(6-8-17)14-4-2-10-20-14/h2,4,10,12-13H,1,3,5-9,11H2,(H,16,18)/t13-/m0/s1. The fourth-order valence-corrected chi connectivity index (χ4v) is 3.91. The molecule has 0 saturated carbocycles. The van der Waals surface area contributed by atoms with Crippen LogP contribution in [0.3, 0.4) is 0 Å². The summed E-state index contributed by atoms with van der Waals surface area (Å²) >= 11 is 1.83. The number of rotatable bonds is 3. The van der Waals surface area contributed by atoms with Gasteiger partial charge in [-0.2, -0.15) is 0 Å². The van der Waals surface area contributed by atoms with Crippen LogP contribution in [0.1, 0.15) is 36.5 Å². The van der Waals surface area contributed by atoms with Crippen molar-refractivity contribution in [2.24, 2.45) is 0 Å². The lowest BCUT2D eigenvalue weighted by Crippen LogP contribution is -2.46. The van der Waals surface area contributed by atoms with E-state index in [9.17, 15) is 4.79 Å². The number of piperidine rings is 1. The summed E-state index contributed by atoms with van der Waals surface area (Å²) in [5, 5.41) is 5.14. The molecule has 0 bridgehead atoms. The molecule has 1 aromatic rings. The van der Waals surface area contributed by atoms with Gasteiger partial charge in [0.1, 0.15) is 0 Å². The third kappa shape index (κ3) is 3.33. The van der Waals surface area contributed by atoms with Gasteiger partial charge in [-0.1, -0.05) is 6.07 Å². The Morgan fingerprint density at radius 3 is 2.90 bits per heavy atom. The minimum absolute atomic E-state index is 0.0742. The highest BCUT2D eigenvalue weighted by atomic mass is 32.1. The second-order valence-corrected chi connectivity index (χ2v) is 6.58. The maximum absolute atomic E-state index is 12.1. The molecule has 2 aliphatic rings. The van der Waals surface area contributed by atoms with Crippen LogP contribution in [0.4, 0.5) is 4.79 Å². The molecule has 4 nitrogen and oxygen atoms in total. The smallest absolute Gasteiger partial charge is 0.317 e. The first-order chi connectivity index (χ1) is 9.83. The number of nitrogens with zero attached hydrogens (tertiary/aromatic N) is 1. The van der Waals surface area contributed by atoms with Crippen LogP contribution in [0.15, 0.2) is 17.5 Å². The molecule has 3 heterocycles. The van der Waals surface area contributed by atoms with Gasteiger partial charge in [-0.15, -0.1) is 11.3 Å². The van der Waals surface area contributed by atoms with E-state index >= 15 is 0 Å². The maximum atomic E-state index is 12.1. The molecule has 0 unspecified atom stereocenters. The highest BCUT2D eigenvalue weighted by molar-refractivity contribution is 7.10. The van der Waals surface area contributed by atoms with E-state index in [4.69, 9.17) is 4.74 Å². The molecule has 0 aliphatic carbocycles. The van der Waals surface area contributed by atoms with Crippen molar-refractivity contribution in [2.75, 3.05) is 26.2 Å². The third-order valence-corrected chi connectivity index (χ3v) is 5.27. The topological polar surface area (TPSA) is 41.6 Å². The minimum Gasteiger partial charge on any atom is -0.376 e. The predicted octanol–water partition coefficient (Wildman–Crippen LogP) is 2.82. The zero-order valence-corrected chi connectivity index (χ0v) is 12.5. The van der Waals surface area contributed by atoms with Gasteiger partial charge < -0.3 is 15.0 Å². The highest BCUT2D eigenvalue weighted by Gasteiger charge is 2.25. The summed E-state index contributed by atoms with van der Waals surface area (Å²) in [6, 6.07) is 4.40. The van der Waals surface area contributed by atoms with Crippen molar-refractivity contribution in [3.8, 4) is 0 Å². The van der Waals surface area contributed by atoms with Gasteiger partial charge in [0.2, 0.25) is 0 Å². The second kappa shape index (κ2) is 6.59. The zero-order valence-electron chi connectivity index (χ0n) is 11.7. The Labute approximate surface area is 124 Å². The fourth-order valence-electron chi connectivity index (χ4n) is 3.01. The van der Waals surface area contributed by atoms with Crippen molar-refractivity contribution in [3.05, 3.63) is 22.4 Å². The first-order valence-electron chi connectivity index (χ1n) is 7.50. The molecule has 1 atom stereocenters. The van der Waals surface area contributed by atoms with E-state index in [0.29, 0.717) is 12.5 Å². The summed E-state index contributed by atoms with van der Waals surface area (Å²) in [7, 11) is 0. The Bertz CT molecular complexity index is 421. The molecular weight excluding hydrogens is 272 g/mol. The molecule has 3 rings (SSSR count). The molecule has 110 valence electrons. The van der Waals surface area contributed by atoms with Crippen molar-refractivity contribution in [1.29, 1.82) is 0 Å². The zero-order chi connectivity index (χ0) is 13.8. The highest BCUT2D eigenvalue weighted by Crippen LogP contribution is 2.30. The lowest BCUT2D eigenvalue weighted by molar-refractivity contribution is 0.108. The van der Waals surface area contributed by atoms with E-state index in [1.807, 2.05) is 16.2 Å². The Morgan fingerprint density at radius 2 is 2.25 bits per heavy atom. The van der Waals surface area contributed by atoms with Gasteiger partial charge in [0.05, 0.1) is 6.10 Å². The fraction of sp³-hybridized carbons (Fsp3) is 0.667. The van der Waals surface area contributed by atoms with E-state index in [1.165, 1.54) is 4.88 Å². The van der Waals surface area contributed by atoms with Gasteiger partial charge in [-0.3, -0.25) is 0 Å². The molecule has 20 heavy (non-hydrogen) atoms. The number of hydrogen-bond acceptors (Lipinski definition) is 3. The number of nitrogens with one attached hydrogen (secondary N) is 1. The van der Waals surface area contributed by atoms with E-state index in [-0.39, 0.29) is 12.1 Å². The number of carbonyl (C=O) groups excluding carboxylic acids is 1. The SMILES string of the molecule is O=C(NC[C@@H]1CCCO1)N1CCC(c2cccs2)CC1. The average molecular weight is 294 g/mol. The first kappa shape index (κ1) is 13.9. The van der Waals surface area contributed by atoms with Gasteiger partial charge in [0, 0.05) is 31.1 Å². The molecule has 2 saturated heterocycles. The van der Waals surface area contributed by atoms with Crippen molar-refractivity contribution in [3.63, 3.8) is 0 Å². The van der Waals surface area contributed by atoms with Gasteiger partial charge >= 0.3 is 6.03 Å².